The van der Waals surface area contributed by atoms with E-state index in [1.165, 1.54) is 0 Å². The third kappa shape index (κ3) is 1760. The SMILES string of the molecule is Br.N.O=CO. The molecular weight excluding hydrogens is 138 g/mol. The van der Waals surface area contributed by atoms with Crippen LogP contribution < -0.4 is 6.15 Å². The summed E-state index contributed by atoms with van der Waals surface area (Å²) in [4.78, 5) is 8.36. The van der Waals surface area contributed by atoms with E-state index in [0.717, 1.165) is 0 Å². The van der Waals surface area contributed by atoms with Crippen LogP contribution in [0.25, 0.3) is 0 Å². The quantitative estimate of drug-likeness (QED) is 0.484. The van der Waals surface area contributed by atoms with Crippen LogP contribution in [0.5, 0.6) is 0 Å². The molecule has 0 saturated heterocycles. The van der Waals surface area contributed by atoms with Crippen LogP contribution >= 0.6 is 17.0 Å². The van der Waals surface area contributed by atoms with Crippen LogP contribution in [0.15, 0.2) is 0 Å². The topological polar surface area (TPSA) is 72.3 Å². The van der Waals surface area contributed by atoms with Crippen LogP contribution in [-0.4, -0.2) is 11.6 Å². The van der Waals surface area contributed by atoms with Gasteiger partial charge in [-0.15, -0.1) is 17.0 Å². The molecule has 0 saturated carbocycles. The lowest BCUT2D eigenvalue weighted by molar-refractivity contribution is -0.122. The Kier molecular flexibility index (Phi) is 165. The molecule has 0 heterocycles. The highest BCUT2D eigenvalue weighted by molar-refractivity contribution is 8.93. The van der Waals surface area contributed by atoms with Crippen LogP contribution in [-0.2, 0) is 4.79 Å². The summed E-state index contributed by atoms with van der Waals surface area (Å²) in [6.45, 7) is -0.250. The smallest absolute Gasteiger partial charge is 0.290 e. The van der Waals surface area contributed by atoms with Crippen molar-refractivity contribution < 1.29 is 9.90 Å². The van der Waals surface area contributed by atoms with E-state index in [1.807, 2.05) is 0 Å². The van der Waals surface area contributed by atoms with Crippen LogP contribution in [0.1, 0.15) is 0 Å². The lowest BCUT2D eigenvalue weighted by atomic mass is 11.7. The Morgan fingerprint density at radius 2 is 1.60 bits per heavy atom. The molecule has 0 amide bonds. The summed E-state index contributed by atoms with van der Waals surface area (Å²) in [5.41, 5.74) is 0. The molecule has 0 aliphatic carbocycles. The Morgan fingerprint density at radius 1 is 1.60 bits per heavy atom. The monoisotopic (exact) mass is 143 g/mol. The van der Waals surface area contributed by atoms with Crippen molar-refractivity contribution in [2.45, 2.75) is 0 Å². The molecule has 0 fully saturated rings. The number of rotatable bonds is 0. The minimum absolute atomic E-state index is 0. The molecule has 0 atom stereocenters. The maximum absolute atomic E-state index is 8.36. The number of halogens is 1. The van der Waals surface area contributed by atoms with Gasteiger partial charge in [0.05, 0.1) is 0 Å². The molecule has 0 rings (SSSR count). The molecule has 0 aliphatic rings. The molecule has 5 heavy (non-hydrogen) atoms. The van der Waals surface area contributed by atoms with Gasteiger partial charge in [-0.1, -0.05) is 0 Å². The van der Waals surface area contributed by atoms with Crippen LogP contribution in [0.3, 0.4) is 0 Å². The zero-order valence-corrected chi connectivity index (χ0v) is 4.26. The van der Waals surface area contributed by atoms with E-state index in [-0.39, 0.29) is 29.6 Å². The highest BCUT2D eigenvalue weighted by atomic mass is 79.9. The second kappa shape index (κ2) is 40.0. The fourth-order valence-electron chi connectivity index (χ4n) is 0. The van der Waals surface area contributed by atoms with Crippen molar-refractivity contribution in [1.82, 2.24) is 6.15 Å². The summed E-state index contributed by atoms with van der Waals surface area (Å²) < 4.78 is 0. The molecular formula is CH6BrNO2. The van der Waals surface area contributed by atoms with E-state index < -0.39 is 0 Å². The molecule has 4 N–H and O–H groups in total. The lowest BCUT2D eigenvalue weighted by Crippen LogP contribution is -1.49. The van der Waals surface area contributed by atoms with E-state index in [1.54, 1.807) is 0 Å². The second-order valence-electron chi connectivity index (χ2n) is 0.105. The van der Waals surface area contributed by atoms with Gasteiger partial charge in [0.2, 0.25) is 0 Å². The van der Waals surface area contributed by atoms with E-state index in [0.29, 0.717) is 0 Å². The molecule has 3 nitrogen and oxygen atoms in total. The van der Waals surface area contributed by atoms with Gasteiger partial charge in [0.1, 0.15) is 0 Å². The number of carbonyl (C=O) groups is 1. The minimum atomic E-state index is -0.250. The molecule has 34 valence electrons. The summed E-state index contributed by atoms with van der Waals surface area (Å²) in [5.74, 6) is 0. The van der Waals surface area contributed by atoms with Crippen molar-refractivity contribution in [3.05, 3.63) is 0 Å². The highest BCUT2D eigenvalue weighted by Gasteiger charge is 1.22. The standard InChI is InChI=1S/CH2O2.BrH.H3N/c2-1-3;;/h1H,(H,2,3);1H;1H3. The third-order valence-electron chi connectivity index (χ3n) is 0. The van der Waals surface area contributed by atoms with Gasteiger partial charge in [0.15, 0.2) is 0 Å². The first-order chi connectivity index (χ1) is 1.41. The summed E-state index contributed by atoms with van der Waals surface area (Å²) in [5, 5.41) is 6.89. The van der Waals surface area contributed by atoms with Gasteiger partial charge < -0.3 is 11.3 Å². The maximum atomic E-state index is 8.36. The van der Waals surface area contributed by atoms with E-state index in [9.17, 15) is 0 Å². The van der Waals surface area contributed by atoms with Gasteiger partial charge in [-0.05, 0) is 0 Å². The van der Waals surface area contributed by atoms with Crippen LogP contribution in [0.4, 0.5) is 0 Å². The van der Waals surface area contributed by atoms with Gasteiger partial charge in [0.25, 0.3) is 6.47 Å². The van der Waals surface area contributed by atoms with Crippen molar-refractivity contribution in [2.75, 3.05) is 0 Å². The normalized spacial score (nSPS) is 2.40. The first-order valence-electron chi connectivity index (χ1n) is 0.494. The molecule has 4 heteroatoms. The second-order valence-corrected chi connectivity index (χ2v) is 0.105. The van der Waals surface area contributed by atoms with Crippen LogP contribution in [0.2, 0.25) is 0 Å². The molecule has 0 bridgehead atoms. The van der Waals surface area contributed by atoms with Crippen molar-refractivity contribution in [2.24, 2.45) is 0 Å². The highest BCUT2D eigenvalue weighted by Crippen LogP contribution is 0.966. The van der Waals surface area contributed by atoms with Gasteiger partial charge >= 0.3 is 0 Å². The maximum Gasteiger partial charge on any atom is 0.290 e. The lowest BCUT2D eigenvalue weighted by Gasteiger charge is -1.34. The van der Waals surface area contributed by atoms with Crippen molar-refractivity contribution in [3.63, 3.8) is 0 Å². The number of carboxylic acid groups (broad SMARTS) is 1. The molecule has 0 spiro atoms. The van der Waals surface area contributed by atoms with Gasteiger partial charge in [-0.2, -0.15) is 0 Å². The largest absolute Gasteiger partial charge is 0.483 e. The summed E-state index contributed by atoms with van der Waals surface area (Å²) >= 11 is 0. The minimum Gasteiger partial charge on any atom is -0.483 e. The zero-order chi connectivity index (χ0) is 2.71. The molecule has 0 aromatic heterocycles. The average molecular weight is 144 g/mol. The first kappa shape index (κ1) is 20.6. The Balaban J connectivity index is -0.0000000200. The van der Waals surface area contributed by atoms with Gasteiger partial charge in [0, 0.05) is 0 Å². The van der Waals surface area contributed by atoms with Crippen molar-refractivity contribution >= 4 is 23.5 Å². The Hall–Kier alpha value is -0.0900. The predicted molar refractivity (Wildman–Crippen MR) is 24.0 cm³/mol. The first-order valence-corrected chi connectivity index (χ1v) is 0.494. The number of hydrogen-bond donors (Lipinski definition) is 2. The van der Waals surface area contributed by atoms with Gasteiger partial charge in [-0.3, -0.25) is 4.79 Å². The Bertz CT molecular complexity index is 17.1. The summed E-state index contributed by atoms with van der Waals surface area (Å²) in [6.07, 6.45) is 0. The molecule has 0 unspecified atom stereocenters. The fraction of sp³-hybridized carbons (Fsp3) is 0. The Morgan fingerprint density at radius 3 is 1.60 bits per heavy atom. The molecule has 0 aromatic carbocycles. The fourth-order valence-corrected chi connectivity index (χ4v) is 0. The molecule has 0 aromatic rings. The van der Waals surface area contributed by atoms with Crippen molar-refractivity contribution in [1.29, 1.82) is 0 Å². The van der Waals surface area contributed by atoms with E-state index in [4.69, 9.17) is 9.90 Å². The predicted octanol–water partition coefficient (Wildman–Crippen LogP) is 0.441. The Labute approximate surface area is 40.3 Å². The third-order valence-corrected chi connectivity index (χ3v) is 0. The molecule has 0 radical (unpaired) electrons. The summed E-state index contributed by atoms with van der Waals surface area (Å²) in [7, 11) is 0. The van der Waals surface area contributed by atoms with Crippen LogP contribution in [0, 0.1) is 0 Å². The van der Waals surface area contributed by atoms with E-state index >= 15 is 0 Å². The van der Waals surface area contributed by atoms with Gasteiger partial charge in [-0.25, -0.2) is 0 Å². The average Bonchev–Trinajstić information content (AvgIpc) is 0.918. The number of hydrogen-bond acceptors (Lipinski definition) is 2. The summed E-state index contributed by atoms with van der Waals surface area (Å²) in [6, 6.07) is 0. The van der Waals surface area contributed by atoms with E-state index in [2.05, 4.69) is 0 Å². The van der Waals surface area contributed by atoms with Crippen molar-refractivity contribution in [3.8, 4) is 0 Å². The molecule has 0 aliphatic heterocycles. The zero-order valence-electron chi connectivity index (χ0n) is 2.55.